The monoisotopic (exact) mass is 245 g/mol. The number of para-hydroxylation sites is 1. The smallest absolute Gasteiger partial charge is 0.328 e. The molecule has 0 saturated heterocycles. The number of carboxylic acids is 1. The lowest BCUT2D eigenvalue weighted by Gasteiger charge is -2.30. The summed E-state index contributed by atoms with van der Waals surface area (Å²) in [5.74, 6) is -0.782. The van der Waals surface area contributed by atoms with Gasteiger partial charge in [0, 0.05) is 36.8 Å². The first kappa shape index (κ1) is 12.4. The van der Waals surface area contributed by atoms with Crippen LogP contribution in [0.5, 0.6) is 0 Å². The Labute approximate surface area is 106 Å². The van der Waals surface area contributed by atoms with Gasteiger partial charge in [-0.15, -0.1) is 0 Å². The van der Waals surface area contributed by atoms with Gasteiger partial charge in [-0.25, -0.2) is 4.79 Å². The molecule has 1 heterocycles. The van der Waals surface area contributed by atoms with Crippen LogP contribution in [0.1, 0.15) is 23.7 Å². The van der Waals surface area contributed by atoms with Crippen LogP contribution in [0.25, 0.3) is 0 Å². The summed E-state index contributed by atoms with van der Waals surface area (Å²) in [5, 5.41) is 8.70. The number of anilines is 1. The molecule has 2 rings (SSSR count). The van der Waals surface area contributed by atoms with Crippen molar-refractivity contribution in [3.05, 3.63) is 41.5 Å². The molecule has 1 aromatic carbocycles. The molecule has 94 valence electrons. The van der Waals surface area contributed by atoms with Crippen LogP contribution in [0, 0.1) is 0 Å². The Kier molecular flexibility index (Phi) is 3.46. The first-order chi connectivity index (χ1) is 8.58. The van der Waals surface area contributed by atoms with Crippen molar-refractivity contribution < 1.29 is 14.7 Å². The highest BCUT2D eigenvalue weighted by Crippen LogP contribution is 2.27. The van der Waals surface area contributed by atoms with Crippen LogP contribution in [0.3, 0.4) is 0 Å². The summed E-state index contributed by atoms with van der Waals surface area (Å²) >= 11 is 0. The first-order valence-corrected chi connectivity index (χ1v) is 5.85. The topological polar surface area (TPSA) is 57.6 Å². The molecule has 18 heavy (non-hydrogen) atoms. The summed E-state index contributed by atoms with van der Waals surface area (Å²) in [5.41, 5.74) is 2.39. The van der Waals surface area contributed by atoms with Crippen LogP contribution in [0.2, 0.25) is 0 Å². The summed E-state index contributed by atoms with van der Waals surface area (Å²) in [4.78, 5) is 24.4. The van der Waals surface area contributed by atoms with E-state index in [0.717, 1.165) is 16.8 Å². The average Bonchev–Trinajstić information content (AvgIpc) is 2.32. The van der Waals surface area contributed by atoms with Crippen LogP contribution in [0.4, 0.5) is 5.69 Å². The van der Waals surface area contributed by atoms with Crippen LogP contribution in [0.15, 0.2) is 35.9 Å². The molecule has 0 fully saturated rings. The van der Waals surface area contributed by atoms with E-state index >= 15 is 0 Å². The third-order valence-electron chi connectivity index (χ3n) is 2.96. The van der Waals surface area contributed by atoms with E-state index in [1.807, 2.05) is 29.2 Å². The van der Waals surface area contributed by atoms with Gasteiger partial charge in [-0.1, -0.05) is 12.1 Å². The molecule has 0 bridgehead atoms. The lowest BCUT2D eigenvalue weighted by molar-refractivity contribution is -0.131. The minimum Gasteiger partial charge on any atom is -0.478 e. The van der Waals surface area contributed by atoms with E-state index in [1.165, 1.54) is 6.08 Å². The SMILES string of the molecule is CC(=CC(=O)O)CN1CCC(=O)c2ccccc21. The van der Waals surface area contributed by atoms with Crippen molar-refractivity contribution in [2.75, 3.05) is 18.0 Å². The van der Waals surface area contributed by atoms with Gasteiger partial charge in [-0.2, -0.15) is 0 Å². The van der Waals surface area contributed by atoms with E-state index in [0.29, 0.717) is 19.5 Å². The fourth-order valence-corrected chi connectivity index (χ4v) is 2.20. The zero-order valence-electron chi connectivity index (χ0n) is 10.2. The Morgan fingerprint density at radius 1 is 1.44 bits per heavy atom. The van der Waals surface area contributed by atoms with Gasteiger partial charge in [0.25, 0.3) is 0 Å². The number of carbonyl (C=O) groups excluding carboxylic acids is 1. The molecule has 1 N–H and O–H groups in total. The van der Waals surface area contributed by atoms with Gasteiger partial charge in [0.15, 0.2) is 5.78 Å². The third-order valence-corrected chi connectivity index (χ3v) is 2.96. The predicted octanol–water partition coefficient (Wildman–Crippen LogP) is 2.11. The van der Waals surface area contributed by atoms with Crippen molar-refractivity contribution in [1.82, 2.24) is 0 Å². The second kappa shape index (κ2) is 5.04. The van der Waals surface area contributed by atoms with E-state index in [-0.39, 0.29) is 5.78 Å². The third kappa shape index (κ3) is 2.59. The molecule has 0 spiro atoms. The summed E-state index contributed by atoms with van der Waals surface area (Å²) in [7, 11) is 0. The van der Waals surface area contributed by atoms with E-state index in [4.69, 9.17) is 5.11 Å². The number of hydrogen-bond donors (Lipinski definition) is 1. The van der Waals surface area contributed by atoms with Gasteiger partial charge in [-0.3, -0.25) is 4.79 Å². The number of fused-ring (bicyclic) bond motifs is 1. The standard InChI is InChI=1S/C14H15NO3/c1-10(8-14(17)18)9-15-7-6-13(16)11-4-2-3-5-12(11)15/h2-5,8H,6-7,9H2,1H3,(H,17,18). The van der Waals surface area contributed by atoms with E-state index < -0.39 is 5.97 Å². The number of hydrogen-bond acceptors (Lipinski definition) is 3. The lowest BCUT2D eigenvalue weighted by atomic mass is 10.00. The minimum atomic E-state index is -0.936. The molecule has 0 amide bonds. The van der Waals surface area contributed by atoms with Crippen molar-refractivity contribution in [1.29, 1.82) is 0 Å². The minimum absolute atomic E-state index is 0.154. The Morgan fingerprint density at radius 3 is 2.89 bits per heavy atom. The number of Topliss-reactive ketones (excluding diaryl/α,β-unsaturated/α-hetero) is 1. The molecular weight excluding hydrogens is 230 g/mol. The summed E-state index contributed by atoms with van der Waals surface area (Å²) in [6, 6.07) is 7.46. The maximum absolute atomic E-state index is 11.8. The number of carbonyl (C=O) groups is 2. The zero-order chi connectivity index (χ0) is 13.1. The number of nitrogens with zero attached hydrogens (tertiary/aromatic N) is 1. The van der Waals surface area contributed by atoms with Gasteiger partial charge in [0.1, 0.15) is 0 Å². The quantitative estimate of drug-likeness (QED) is 0.829. The number of carboxylic acid groups (broad SMARTS) is 1. The molecule has 1 aromatic rings. The van der Waals surface area contributed by atoms with Crippen molar-refractivity contribution >= 4 is 17.4 Å². The van der Waals surface area contributed by atoms with Crippen LogP contribution >= 0.6 is 0 Å². The molecule has 1 aliphatic rings. The molecule has 4 nitrogen and oxygen atoms in total. The maximum Gasteiger partial charge on any atom is 0.328 e. The van der Waals surface area contributed by atoms with Crippen molar-refractivity contribution in [2.24, 2.45) is 0 Å². The van der Waals surface area contributed by atoms with E-state index in [9.17, 15) is 9.59 Å². The van der Waals surface area contributed by atoms with Gasteiger partial charge >= 0.3 is 5.97 Å². The fourth-order valence-electron chi connectivity index (χ4n) is 2.20. The number of rotatable bonds is 3. The zero-order valence-corrected chi connectivity index (χ0v) is 10.2. The van der Waals surface area contributed by atoms with Crippen molar-refractivity contribution in [3.63, 3.8) is 0 Å². The summed E-state index contributed by atoms with van der Waals surface area (Å²) in [6.45, 7) is 2.96. The Bertz CT molecular complexity index is 520. The molecule has 0 aromatic heterocycles. The lowest BCUT2D eigenvalue weighted by Crippen LogP contribution is -2.33. The summed E-state index contributed by atoms with van der Waals surface area (Å²) < 4.78 is 0. The highest BCUT2D eigenvalue weighted by Gasteiger charge is 2.22. The van der Waals surface area contributed by atoms with Gasteiger partial charge in [0.2, 0.25) is 0 Å². The predicted molar refractivity (Wildman–Crippen MR) is 69.0 cm³/mol. The normalized spacial score (nSPS) is 15.5. The largest absolute Gasteiger partial charge is 0.478 e. The molecule has 4 heteroatoms. The van der Waals surface area contributed by atoms with E-state index in [1.54, 1.807) is 6.92 Å². The number of ketones is 1. The highest BCUT2D eigenvalue weighted by molar-refractivity contribution is 6.03. The van der Waals surface area contributed by atoms with Crippen LogP contribution in [-0.4, -0.2) is 29.9 Å². The average molecular weight is 245 g/mol. The van der Waals surface area contributed by atoms with Crippen LogP contribution < -0.4 is 4.90 Å². The van der Waals surface area contributed by atoms with Crippen molar-refractivity contribution in [3.8, 4) is 0 Å². The molecule has 0 radical (unpaired) electrons. The number of aliphatic carboxylic acids is 1. The highest BCUT2D eigenvalue weighted by atomic mass is 16.4. The second-order valence-corrected chi connectivity index (χ2v) is 4.44. The van der Waals surface area contributed by atoms with Crippen LogP contribution in [-0.2, 0) is 4.79 Å². The van der Waals surface area contributed by atoms with Gasteiger partial charge in [0.05, 0.1) is 0 Å². The molecule has 0 aliphatic carbocycles. The Hall–Kier alpha value is -2.10. The number of benzene rings is 1. The maximum atomic E-state index is 11.8. The molecule has 1 aliphatic heterocycles. The van der Waals surface area contributed by atoms with Gasteiger partial charge < -0.3 is 10.0 Å². The summed E-state index contributed by atoms with van der Waals surface area (Å²) in [6.07, 6.45) is 1.69. The molecule has 0 atom stereocenters. The van der Waals surface area contributed by atoms with Crippen molar-refractivity contribution in [2.45, 2.75) is 13.3 Å². The Morgan fingerprint density at radius 2 is 2.17 bits per heavy atom. The fraction of sp³-hybridized carbons (Fsp3) is 0.286. The van der Waals surface area contributed by atoms with E-state index in [2.05, 4.69) is 0 Å². The molecule has 0 saturated carbocycles. The van der Waals surface area contributed by atoms with Gasteiger partial charge in [-0.05, 0) is 24.6 Å². The molecular formula is C14H15NO3. The first-order valence-electron chi connectivity index (χ1n) is 5.85. The second-order valence-electron chi connectivity index (χ2n) is 4.44. The molecule has 0 unspecified atom stereocenters. The Balaban J connectivity index is 2.24.